The summed E-state index contributed by atoms with van der Waals surface area (Å²) in [7, 11) is 1.84. The number of rotatable bonds is 10. The molecular formula is C21H42IN7S. The maximum Gasteiger partial charge on any atom is 0.191 e. The topological polar surface area (TPSA) is 70.4 Å². The lowest BCUT2D eigenvalue weighted by atomic mass is 9.98. The van der Waals surface area contributed by atoms with Crippen LogP contribution in [0, 0.1) is 5.92 Å². The minimum atomic E-state index is 0. The predicted octanol–water partition coefficient (Wildman–Crippen LogP) is 3.64. The number of nitrogens with one attached hydrogen (secondary N) is 2. The van der Waals surface area contributed by atoms with E-state index in [1.165, 1.54) is 32.4 Å². The van der Waals surface area contributed by atoms with Crippen molar-refractivity contribution in [3.63, 3.8) is 0 Å². The Hall–Kier alpha value is -0.550. The molecule has 7 nitrogen and oxygen atoms in total. The van der Waals surface area contributed by atoms with E-state index >= 15 is 0 Å². The molecule has 2 N–H and O–H groups in total. The lowest BCUT2D eigenvalue weighted by molar-refractivity contribution is 0.0982. The Morgan fingerprint density at radius 2 is 1.87 bits per heavy atom. The number of aromatic nitrogens is 3. The van der Waals surface area contributed by atoms with Crippen molar-refractivity contribution in [2.45, 2.75) is 77.0 Å². The van der Waals surface area contributed by atoms with Crippen LogP contribution in [0.3, 0.4) is 0 Å². The Morgan fingerprint density at radius 1 is 1.17 bits per heavy atom. The lowest BCUT2D eigenvalue weighted by Gasteiger charge is -2.41. The zero-order valence-electron chi connectivity index (χ0n) is 19.7. The second-order valence-electron chi connectivity index (χ2n) is 8.92. The van der Waals surface area contributed by atoms with Gasteiger partial charge in [-0.1, -0.05) is 32.0 Å². The molecule has 1 aliphatic rings. The quantitative estimate of drug-likeness (QED) is 0.152. The molecule has 30 heavy (non-hydrogen) atoms. The van der Waals surface area contributed by atoms with Crippen LogP contribution in [-0.4, -0.2) is 70.6 Å². The largest absolute Gasteiger partial charge is 0.356 e. The molecular weight excluding hydrogens is 509 g/mol. The highest BCUT2D eigenvalue weighted by Crippen LogP contribution is 2.20. The molecule has 1 aromatic heterocycles. The summed E-state index contributed by atoms with van der Waals surface area (Å²) in [4.78, 5) is 6.99. The van der Waals surface area contributed by atoms with Crippen molar-refractivity contribution >= 4 is 41.7 Å². The molecule has 0 radical (unpaired) electrons. The summed E-state index contributed by atoms with van der Waals surface area (Å²) in [5, 5.41) is 16.7. The number of aliphatic imine (C=N–C) groups is 1. The van der Waals surface area contributed by atoms with Crippen LogP contribution < -0.4 is 10.6 Å². The van der Waals surface area contributed by atoms with E-state index in [1.807, 2.05) is 7.05 Å². The Balaban J connectivity index is 0.00000450. The van der Waals surface area contributed by atoms with Crippen molar-refractivity contribution in [2.75, 3.05) is 39.5 Å². The maximum atomic E-state index is 4.41. The van der Waals surface area contributed by atoms with E-state index in [0.29, 0.717) is 5.92 Å². The van der Waals surface area contributed by atoms with Gasteiger partial charge in [-0.2, -0.15) is 0 Å². The summed E-state index contributed by atoms with van der Waals surface area (Å²) >= 11 is 1.67. The fourth-order valence-electron chi connectivity index (χ4n) is 3.79. The second kappa shape index (κ2) is 13.8. The standard InChI is InChI=1S/C21H41N7S.HI/c1-17(2)15-28-18(25-26-20(28)29-6)11-10-12-23-19(22-5)24-16-21(3,4)27-13-8-7-9-14-27;/h17H,7-16H2,1-6H3,(H2,22,23,24);1H. The molecule has 2 heterocycles. The van der Waals surface area contributed by atoms with Gasteiger partial charge in [0.05, 0.1) is 0 Å². The van der Waals surface area contributed by atoms with E-state index in [1.54, 1.807) is 11.8 Å². The normalized spacial score (nSPS) is 15.9. The van der Waals surface area contributed by atoms with Crippen molar-refractivity contribution in [3.8, 4) is 0 Å². The van der Waals surface area contributed by atoms with Gasteiger partial charge in [0, 0.05) is 38.6 Å². The monoisotopic (exact) mass is 551 g/mol. The SMILES string of the molecule is CN=C(NCCCc1nnc(SC)n1CC(C)C)NCC(C)(C)N1CCCCC1.I. The summed E-state index contributed by atoms with van der Waals surface area (Å²) in [6.07, 6.45) is 7.98. The van der Waals surface area contributed by atoms with Gasteiger partial charge in [0.2, 0.25) is 0 Å². The Kier molecular flexibility index (Phi) is 12.6. The second-order valence-corrected chi connectivity index (χ2v) is 9.70. The van der Waals surface area contributed by atoms with E-state index in [0.717, 1.165) is 49.4 Å². The number of piperidine rings is 1. The number of hydrogen-bond donors (Lipinski definition) is 2. The van der Waals surface area contributed by atoms with Crippen LogP contribution in [0.5, 0.6) is 0 Å². The molecule has 1 aliphatic heterocycles. The molecule has 2 rings (SSSR count). The summed E-state index contributed by atoms with van der Waals surface area (Å²) in [5.41, 5.74) is 0.138. The van der Waals surface area contributed by atoms with Crippen molar-refractivity contribution in [1.82, 2.24) is 30.3 Å². The zero-order valence-corrected chi connectivity index (χ0v) is 22.8. The van der Waals surface area contributed by atoms with Crippen molar-refractivity contribution in [1.29, 1.82) is 0 Å². The minimum Gasteiger partial charge on any atom is -0.356 e. The average Bonchev–Trinajstić information content (AvgIpc) is 3.09. The number of thioether (sulfide) groups is 1. The molecule has 0 amide bonds. The number of halogens is 1. The highest BCUT2D eigenvalue weighted by molar-refractivity contribution is 14.0. The van der Waals surface area contributed by atoms with Gasteiger partial charge in [0.25, 0.3) is 0 Å². The molecule has 0 aliphatic carbocycles. The molecule has 1 fully saturated rings. The highest BCUT2D eigenvalue weighted by Gasteiger charge is 2.27. The van der Waals surface area contributed by atoms with Crippen LogP contribution in [0.4, 0.5) is 0 Å². The molecule has 0 saturated carbocycles. The summed E-state index contributed by atoms with van der Waals surface area (Å²) in [5.74, 6) is 2.54. The van der Waals surface area contributed by atoms with Crippen molar-refractivity contribution in [2.24, 2.45) is 10.9 Å². The van der Waals surface area contributed by atoms with E-state index in [2.05, 4.69) is 69.2 Å². The minimum absolute atomic E-state index is 0. The maximum absolute atomic E-state index is 4.41. The zero-order chi connectivity index (χ0) is 21.3. The first-order valence-corrected chi connectivity index (χ1v) is 12.3. The van der Waals surface area contributed by atoms with Gasteiger partial charge in [-0.3, -0.25) is 9.89 Å². The molecule has 0 bridgehead atoms. The number of nitrogens with zero attached hydrogens (tertiary/aromatic N) is 5. The van der Waals surface area contributed by atoms with Crippen LogP contribution in [0.25, 0.3) is 0 Å². The number of guanidine groups is 1. The van der Waals surface area contributed by atoms with Gasteiger partial charge >= 0.3 is 0 Å². The fraction of sp³-hybridized carbons (Fsp3) is 0.857. The predicted molar refractivity (Wildman–Crippen MR) is 139 cm³/mol. The first-order chi connectivity index (χ1) is 13.9. The molecule has 0 unspecified atom stereocenters. The van der Waals surface area contributed by atoms with Gasteiger partial charge in [0.1, 0.15) is 5.82 Å². The van der Waals surface area contributed by atoms with Crippen LogP contribution in [0.2, 0.25) is 0 Å². The third kappa shape index (κ3) is 8.53. The third-order valence-corrected chi connectivity index (χ3v) is 6.18. The van der Waals surface area contributed by atoms with Crippen LogP contribution >= 0.6 is 35.7 Å². The lowest BCUT2D eigenvalue weighted by Crippen LogP contribution is -2.54. The van der Waals surface area contributed by atoms with Gasteiger partial charge in [0.15, 0.2) is 11.1 Å². The van der Waals surface area contributed by atoms with Crippen LogP contribution in [0.1, 0.15) is 59.2 Å². The van der Waals surface area contributed by atoms with Gasteiger partial charge in [-0.05, 0) is 58.4 Å². The fourth-order valence-corrected chi connectivity index (χ4v) is 4.31. The molecule has 1 aromatic rings. The van der Waals surface area contributed by atoms with Gasteiger partial charge in [-0.25, -0.2) is 0 Å². The molecule has 9 heteroatoms. The van der Waals surface area contributed by atoms with E-state index < -0.39 is 0 Å². The first-order valence-electron chi connectivity index (χ1n) is 11.0. The Bertz CT molecular complexity index is 639. The molecule has 174 valence electrons. The highest BCUT2D eigenvalue weighted by atomic mass is 127. The number of hydrogen-bond acceptors (Lipinski definition) is 5. The smallest absolute Gasteiger partial charge is 0.191 e. The van der Waals surface area contributed by atoms with Gasteiger partial charge in [-0.15, -0.1) is 34.2 Å². The molecule has 0 spiro atoms. The Morgan fingerprint density at radius 3 is 2.47 bits per heavy atom. The van der Waals surface area contributed by atoms with Crippen LogP contribution in [-0.2, 0) is 13.0 Å². The molecule has 1 saturated heterocycles. The molecule has 0 atom stereocenters. The summed E-state index contributed by atoms with van der Waals surface area (Å²) in [6.45, 7) is 14.3. The first kappa shape index (κ1) is 27.5. The van der Waals surface area contributed by atoms with E-state index in [4.69, 9.17) is 0 Å². The Labute approximate surface area is 204 Å². The third-order valence-electron chi connectivity index (χ3n) is 5.52. The number of likely N-dealkylation sites (tertiary alicyclic amines) is 1. The van der Waals surface area contributed by atoms with Crippen LogP contribution in [0.15, 0.2) is 10.1 Å². The summed E-state index contributed by atoms with van der Waals surface area (Å²) in [6, 6.07) is 0. The van der Waals surface area contributed by atoms with Crippen molar-refractivity contribution in [3.05, 3.63) is 5.82 Å². The van der Waals surface area contributed by atoms with E-state index in [9.17, 15) is 0 Å². The number of aryl methyl sites for hydroxylation is 1. The van der Waals surface area contributed by atoms with Gasteiger partial charge < -0.3 is 15.2 Å². The molecule has 0 aromatic carbocycles. The van der Waals surface area contributed by atoms with Crippen molar-refractivity contribution < 1.29 is 0 Å². The van der Waals surface area contributed by atoms with E-state index in [-0.39, 0.29) is 29.5 Å². The average molecular weight is 552 g/mol. The summed E-state index contributed by atoms with van der Waals surface area (Å²) < 4.78 is 2.27.